The summed E-state index contributed by atoms with van der Waals surface area (Å²) in [5.41, 5.74) is 9.18. The van der Waals surface area contributed by atoms with Crippen LogP contribution in [0.1, 0.15) is 34.8 Å². The fourth-order valence-electron chi connectivity index (χ4n) is 3.86. The topological polar surface area (TPSA) is 110 Å². The average molecular weight is 487 g/mol. The van der Waals surface area contributed by atoms with E-state index in [-0.39, 0.29) is 24.2 Å². The third-order valence-corrected chi connectivity index (χ3v) is 5.83. The second-order valence-corrected chi connectivity index (χ2v) is 8.18. The molecule has 0 radical (unpaired) electrons. The number of carbonyl (C=O) groups is 2. The summed E-state index contributed by atoms with van der Waals surface area (Å²) in [6.07, 6.45) is 0. The molecule has 0 atom stereocenters. The van der Waals surface area contributed by atoms with Crippen molar-refractivity contribution in [2.24, 2.45) is 0 Å². The maximum absolute atomic E-state index is 12.5. The number of ether oxygens (including phenoxy) is 1. The molecule has 8 heteroatoms. The van der Waals surface area contributed by atoms with Crippen LogP contribution in [0, 0.1) is 0 Å². The highest BCUT2D eigenvalue weighted by Crippen LogP contribution is 2.25. The quantitative estimate of drug-likeness (QED) is 0.217. The Kier molecular flexibility index (Phi) is 7.75. The van der Waals surface area contributed by atoms with Crippen molar-refractivity contribution in [3.63, 3.8) is 0 Å². The molecule has 0 fully saturated rings. The lowest BCUT2D eigenvalue weighted by molar-refractivity contribution is 0.0921. The Morgan fingerprint density at radius 3 is 2.42 bits per heavy atom. The molecule has 4 N–H and O–H groups in total. The molecule has 186 valence electrons. The lowest BCUT2D eigenvalue weighted by Gasteiger charge is -2.20. The van der Waals surface area contributed by atoms with Crippen LogP contribution in [0.4, 0.5) is 17.1 Å². The zero-order chi connectivity index (χ0) is 25.5. The Morgan fingerprint density at radius 2 is 1.69 bits per heavy atom. The molecule has 0 saturated heterocycles. The van der Waals surface area contributed by atoms with E-state index in [4.69, 9.17) is 14.9 Å². The second kappa shape index (κ2) is 11.3. The SMILES string of the molecule is CCN(CC)c1ccc2oc(C(=O)NCCOc3ccc(C(=O)Nc4ccccc4N)cc3)cc2c1. The molecule has 0 aliphatic carbocycles. The van der Waals surface area contributed by atoms with Crippen LogP contribution in [-0.4, -0.2) is 38.1 Å². The molecule has 8 nitrogen and oxygen atoms in total. The smallest absolute Gasteiger partial charge is 0.287 e. The molecule has 4 rings (SSSR count). The Balaban J connectivity index is 1.26. The molecule has 0 saturated carbocycles. The van der Waals surface area contributed by atoms with Crippen molar-refractivity contribution >= 4 is 39.8 Å². The molecule has 36 heavy (non-hydrogen) atoms. The Morgan fingerprint density at radius 1 is 0.944 bits per heavy atom. The highest BCUT2D eigenvalue weighted by molar-refractivity contribution is 6.05. The van der Waals surface area contributed by atoms with Crippen LogP contribution in [0.3, 0.4) is 0 Å². The maximum Gasteiger partial charge on any atom is 0.287 e. The third kappa shape index (κ3) is 5.78. The summed E-state index contributed by atoms with van der Waals surface area (Å²) in [7, 11) is 0. The van der Waals surface area contributed by atoms with Crippen LogP contribution < -0.4 is 26.0 Å². The number of rotatable bonds is 10. The Hall–Kier alpha value is -4.46. The van der Waals surface area contributed by atoms with Gasteiger partial charge >= 0.3 is 0 Å². The monoisotopic (exact) mass is 486 g/mol. The van der Waals surface area contributed by atoms with Crippen molar-refractivity contribution < 1.29 is 18.7 Å². The summed E-state index contributed by atoms with van der Waals surface area (Å²) in [5, 5.41) is 6.48. The van der Waals surface area contributed by atoms with Gasteiger partial charge < -0.3 is 30.4 Å². The van der Waals surface area contributed by atoms with Gasteiger partial charge in [-0.15, -0.1) is 0 Å². The van der Waals surface area contributed by atoms with E-state index >= 15 is 0 Å². The number of amides is 2. The second-order valence-electron chi connectivity index (χ2n) is 8.18. The lowest BCUT2D eigenvalue weighted by Crippen LogP contribution is -2.27. The predicted octanol–water partition coefficient (Wildman–Crippen LogP) is 4.92. The van der Waals surface area contributed by atoms with Gasteiger partial charge in [-0.25, -0.2) is 0 Å². The van der Waals surface area contributed by atoms with E-state index in [1.807, 2.05) is 18.2 Å². The summed E-state index contributed by atoms with van der Waals surface area (Å²) in [6.45, 7) is 6.60. The zero-order valence-electron chi connectivity index (χ0n) is 20.4. The van der Waals surface area contributed by atoms with E-state index in [0.29, 0.717) is 34.8 Å². The predicted molar refractivity (Wildman–Crippen MR) is 143 cm³/mol. The molecule has 0 aliphatic heterocycles. The largest absolute Gasteiger partial charge is 0.492 e. The van der Waals surface area contributed by atoms with Gasteiger partial charge in [-0.05, 0) is 74.5 Å². The zero-order valence-corrected chi connectivity index (χ0v) is 20.4. The van der Waals surface area contributed by atoms with Crippen LogP contribution in [0.25, 0.3) is 11.0 Å². The summed E-state index contributed by atoms with van der Waals surface area (Å²) in [4.78, 5) is 27.2. The van der Waals surface area contributed by atoms with Crippen molar-refractivity contribution in [3.8, 4) is 5.75 Å². The van der Waals surface area contributed by atoms with Gasteiger partial charge in [0.15, 0.2) is 5.76 Å². The fourth-order valence-corrected chi connectivity index (χ4v) is 3.86. The van der Waals surface area contributed by atoms with E-state index < -0.39 is 0 Å². The highest BCUT2D eigenvalue weighted by atomic mass is 16.5. The first-order valence-corrected chi connectivity index (χ1v) is 11.9. The number of para-hydroxylation sites is 2. The number of furan rings is 1. The number of anilines is 3. The van der Waals surface area contributed by atoms with Crippen molar-refractivity contribution in [2.45, 2.75) is 13.8 Å². The molecule has 1 aromatic heterocycles. The summed E-state index contributed by atoms with van der Waals surface area (Å²) >= 11 is 0. The van der Waals surface area contributed by atoms with Gasteiger partial charge in [0.05, 0.1) is 17.9 Å². The molecule has 2 amide bonds. The number of nitrogens with zero attached hydrogens (tertiary/aromatic N) is 1. The molecule has 1 heterocycles. The van der Waals surface area contributed by atoms with E-state index in [1.165, 1.54) is 0 Å². The van der Waals surface area contributed by atoms with E-state index in [0.717, 1.165) is 24.2 Å². The standard InChI is InChI=1S/C28H30N4O4/c1-3-32(4-2)21-11-14-25-20(17-21)18-26(36-25)28(34)30-15-16-35-22-12-9-19(10-13-22)27(33)31-24-8-6-5-7-23(24)29/h5-14,17-18H,3-4,15-16,29H2,1-2H3,(H,30,34)(H,31,33). The Labute approximate surface area is 210 Å². The number of carbonyl (C=O) groups excluding carboxylic acids is 2. The first-order chi connectivity index (χ1) is 17.5. The van der Waals surface area contributed by atoms with Crippen molar-refractivity contribution in [2.75, 3.05) is 42.2 Å². The number of hydrogen-bond acceptors (Lipinski definition) is 6. The van der Waals surface area contributed by atoms with Gasteiger partial charge in [-0.3, -0.25) is 9.59 Å². The summed E-state index contributed by atoms with van der Waals surface area (Å²) in [6, 6.07) is 21.5. The van der Waals surface area contributed by atoms with Gasteiger partial charge in [0, 0.05) is 29.7 Å². The van der Waals surface area contributed by atoms with Crippen LogP contribution in [0.2, 0.25) is 0 Å². The average Bonchev–Trinajstić information content (AvgIpc) is 3.33. The van der Waals surface area contributed by atoms with Crippen LogP contribution >= 0.6 is 0 Å². The minimum Gasteiger partial charge on any atom is -0.492 e. The number of nitrogen functional groups attached to an aromatic ring is 1. The molecule has 0 unspecified atom stereocenters. The van der Waals surface area contributed by atoms with Crippen molar-refractivity contribution in [3.05, 3.63) is 84.1 Å². The van der Waals surface area contributed by atoms with Crippen LogP contribution in [-0.2, 0) is 0 Å². The van der Waals surface area contributed by atoms with Gasteiger partial charge in [-0.1, -0.05) is 12.1 Å². The van der Waals surface area contributed by atoms with Crippen molar-refractivity contribution in [1.29, 1.82) is 0 Å². The number of nitrogens with two attached hydrogens (primary N) is 1. The van der Waals surface area contributed by atoms with Crippen molar-refractivity contribution in [1.82, 2.24) is 5.32 Å². The molecular formula is C28H30N4O4. The van der Waals surface area contributed by atoms with Crippen LogP contribution in [0.15, 0.2) is 77.2 Å². The first kappa shape index (κ1) is 24.7. The van der Waals surface area contributed by atoms with Gasteiger partial charge in [0.25, 0.3) is 11.8 Å². The third-order valence-electron chi connectivity index (χ3n) is 5.83. The van der Waals surface area contributed by atoms with E-state index in [2.05, 4.69) is 29.4 Å². The number of benzene rings is 3. The Bertz CT molecular complexity index is 1340. The molecule has 0 spiro atoms. The summed E-state index contributed by atoms with van der Waals surface area (Å²) in [5.74, 6) is 0.289. The lowest BCUT2D eigenvalue weighted by atomic mass is 10.2. The molecular weight excluding hydrogens is 456 g/mol. The highest BCUT2D eigenvalue weighted by Gasteiger charge is 2.13. The molecule has 0 bridgehead atoms. The fraction of sp³-hybridized carbons (Fsp3) is 0.214. The first-order valence-electron chi connectivity index (χ1n) is 11.9. The molecule has 3 aromatic carbocycles. The van der Waals surface area contributed by atoms with Gasteiger partial charge in [0.2, 0.25) is 0 Å². The summed E-state index contributed by atoms with van der Waals surface area (Å²) < 4.78 is 11.4. The van der Waals surface area contributed by atoms with E-state index in [9.17, 15) is 9.59 Å². The minimum absolute atomic E-state index is 0.260. The molecule has 0 aliphatic rings. The number of hydrogen-bond donors (Lipinski definition) is 3. The van der Waals surface area contributed by atoms with Gasteiger partial charge in [-0.2, -0.15) is 0 Å². The minimum atomic E-state index is -0.300. The van der Waals surface area contributed by atoms with E-state index in [1.54, 1.807) is 54.6 Å². The van der Waals surface area contributed by atoms with Crippen LogP contribution in [0.5, 0.6) is 5.75 Å². The normalized spacial score (nSPS) is 10.7. The number of fused-ring (bicyclic) bond motifs is 1. The maximum atomic E-state index is 12.5. The van der Waals surface area contributed by atoms with Gasteiger partial charge in [0.1, 0.15) is 17.9 Å². The number of nitrogens with one attached hydrogen (secondary N) is 2. The molecule has 4 aromatic rings.